The van der Waals surface area contributed by atoms with E-state index in [0.717, 1.165) is 29.3 Å². The second kappa shape index (κ2) is 9.73. The number of aryl methyl sites for hydroxylation is 1. The number of carbonyl (C=O) groups excluding carboxylic acids is 2. The highest BCUT2D eigenvalue weighted by molar-refractivity contribution is 6.04. The molecule has 182 valence electrons. The number of hydrogen-bond acceptors (Lipinski definition) is 5. The predicted molar refractivity (Wildman–Crippen MR) is 126 cm³/mol. The number of aromatic nitrogens is 2. The van der Waals surface area contributed by atoms with Crippen molar-refractivity contribution >= 4 is 23.2 Å². The Bertz CT molecular complexity index is 1260. The van der Waals surface area contributed by atoms with Gasteiger partial charge in [0, 0.05) is 44.0 Å². The van der Waals surface area contributed by atoms with E-state index in [0.29, 0.717) is 30.4 Å². The maximum absolute atomic E-state index is 13.0. The molecule has 35 heavy (non-hydrogen) atoms. The topological polar surface area (TPSA) is 87.2 Å². The number of anilines is 2. The molecule has 1 aliphatic rings. The van der Waals surface area contributed by atoms with Crippen molar-refractivity contribution < 1.29 is 22.8 Å². The molecule has 1 fully saturated rings. The van der Waals surface area contributed by atoms with Crippen LogP contribution in [-0.4, -0.2) is 41.9 Å². The Kier molecular flexibility index (Phi) is 6.72. The summed E-state index contributed by atoms with van der Waals surface area (Å²) >= 11 is 0. The Balaban J connectivity index is 1.53. The van der Waals surface area contributed by atoms with Gasteiger partial charge in [0.05, 0.1) is 34.9 Å². The molecule has 1 aromatic carbocycles. The van der Waals surface area contributed by atoms with Crippen LogP contribution in [0.1, 0.15) is 49.7 Å². The summed E-state index contributed by atoms with van der Waals surface area (Å²) in [5.74, 6) is -0.600. The molecule has 3 aromatic rings. The first-order chi connectivity index (χ1) is 16.7. The molecule has 2 N–H and O–H groups in total. The van der Waals surface area contributed by atoms with Gasteiger partial charge in [-0.1, -0.05) is 6.07 Å². The molecule has 1 aliphatic heterocycles. The van der Waals surface area contributed by atoms with Crippen molar-refractivity contribution in [3.63, 3.8) is 0 Å². The average molecular weight is 483 g/mol. The van der Waals surface area contributed by atoms with Crippen molar-refractivity contribution in [3.8, 4) is 0 Å². The van der Waals surface area contributed by atoms with E-state index in [-0.39, 0.29) is 17.5 Å². The fraction of sp³-hybridized carbons (Fsp3) is 0.280. The van der Waals surface area contributed by atoms with Crippen molar-refractivity contribution in [3.05, 3.63) is 82.9 Å². The highest BCUT2D eigenvalue weighted by Gasteiger charge is 2.31. The van der Waals surface area contributed by atoms with Crippen molar-refractivity contribution in [1.29, 1.82) is 0 Å². The predicted octanol–water partition coefficient (Wildman–Crippen LogP) is 4.41. The van der Waals surface area contributed by atoms with Crippen LogP contribution in [0.25, 0.3) is 0 Å². The minimum absolute atomic E-state index is 0.0303. The number of benzene rings is 1. The molecule has 0 spiro atoms. The number of pyridine rings is 2. The SMILES string of the molecule is CNC(=O)c1ccncc1N1CCC(c2cc(C(=O)Nc3cncc(C(F)(F)F)c3)ccc2C)C1. The van der Waals surface area contributed by atoms with Crippen molar-refractivity contribution in [2.24, 2.45) is 0 Å². The van der Waals surface area contributed by atoms with E-state index in [1.165, 1.54) is 6.20 Å². The number of nitrogens with zero attached hydrogens (tertiary/aromatic N) is 3. The van der Waals surface area contributed by atoms with Gasteiger partial charge in [0.1, 0.15) is 0 Å². The molecule has 1 atom stereocenters. The van der Waals surface area contributed by atoms with Crippen LogP contribution in [0.3, 0.4) is 0 Å². The molecule has 4 rings (SSSR count). The van der Waals surface area contributed by atoms with Gasteiger partial charge in [-0.15, -0.1) is 0 Å². The van der Waals surface area contributed by atoms with E-state index >= 15 is 0 Å². The van der Waals surface area contributed by atoms with Crippen LogP contribution in [0.2, 0.25) is 0 Å². The first kappa shape index (κ1) is 24.2. The maximum atomic E-state index is 13.0. The summed E-state index contributed by atoms with van der Waals surface area (Å²) in [7, 11) is 1.58. The number of nitrogens with one attached hydrogen (secondary N) is 2. The normalized spacial score (nSPS) is 15.7. The summed E-state index contributed by atoms with van der Waals surface area (Å²) in [5.41, 5.74) is 2.66. The molecule has 2 amide bonds. The van der Waals surface area contributed by atoms with Gasteiger partial charge in [0.25, 0.3) is 11.8 Å². The summed E-state index contributed by atoms with van der Waals surface area (Å²) in [4.78, 5) is 34.9. The van der Waals surface area contributed by atoms with Gasteiger partial charge in [-0.25, -0.2) is 0 Å². The Morgan fingerprint density at radius 3 is 2.60 bits per heavy atom. The zero-order valence-electron chi connectivity index (χ0n) is 19.2. The van der Waals surface area contributed by atoms with Crippen molar-refractivity contribution in [2.45, 2.75) is 25.4 Å². The molecule has 2 aromatic heterocycles. The Morgan fingerprint density at radius 2 is 1.86 bits per heavy atom. The summed E-state index contributed by atoms with van der Waals surface area (Å²) in [5, 5.41) is 5.15. The summed E-state index contributed by atoms with van der Waals surface area (Å²) in [6.07, 6.45) is 1.40. The van der Waals surface area contributed by atoms with E-state index in [4.69, 9.17) is 0 Å². The van der Waals surface area contributed by atoms with Gasteiger partial charge in [-0.3, -0.25) is 19.6 Å². The lowest BCUT2D eigenvalue weighted by Gasteiger charge is -2.21. The smallest absolute Gasteiger partial charge is 0.369 e. The van der Waals surface area contributed by atoms with Crippen molar-refractivity contribution in [2.75, 3.05) is 30.4 Å². The van der Waals surface area contributed by atoms with E-state index in [1.54, 1.807) is 37.6 Å². The number of halogens is 3. The average Bonchev–Trinajstić information content (AvgIpc) is 3.33. The second-order valence-corrected chi connectivity index (χ2v) is 8.39. The van der Waals surface area contributed by atoms with Gasteiger partial charge >= 0.3 is 6.18 Å². The highest BCUT2D eigenvalue weighted by Crippen LogP contribution is 2.34. The van der Waals surface area contributed by atoms with Gasteiger partial charge in [0.2, 0.25) is 0 Å². The van der Waals surface area contributed by atoms with E-state index in [9.17, 15) is 22.8 Å². The van der Waals surface area contributed by atoms with E-state index in [1.807, 2.05) is 13.0 Å². The van der Waals surface area contributed by atoms with Crippen LogP contribution in [0.5, 0.6) is 0 Å². The third-order valence-corrected chi connectivity index (χ3v) is 6.11. The number of rotatable bonds is 5. The highest BCUT2D eigenvalue weighted by atomic mass is 19.4. The zero-order chi connectivity index (χ0) is 25.2. The van der Waals surface area contributed by atoms with Crippen LogP contribution in [-0.2, 0) is 6.18 Å². The standard InChI is InChI=1S/C25H24F3N5O2/c1-15-3-4-16(23(34)32-19-10-18(11-31-12-19)25(26,27)28)9-21(15)17-6-8-33(14-17)22-13-30-7-5-20(22)24(35)29-2/h3-5,7,9-13,17H,6,8,14H2,1-2H3,(H,29,35)(H,32,34). The van der Waals surface area contributed by atoms with Crippen LogP contribution in [0.4, 0.5) is 24.5 Å². The Hall–Kier alpha value is -3.95. The van der Waals surface area contributed by atoms with Crippen LogP contribution in [0.15, 0.2) is 55.1 Å². The molecule has 10 heteroatoms. The van der Waals surface area contributed by atoms with Crippen molar-refractivity contribution in [1.82, 2.24) is 15.3 Å². The molecular formula is C25H24F3N5O2. The Labute approximate surface area is 200 Å². The summed E-state index contributed by atoms with van der Waals surface area (Å²) in [6.45, 7) is 3.31. The molecule has 1 unspecified atom stereocenters. The minimum Gasteiger partial charge on any atom is -0.369 e. The molecular weight excluding hydrogens is 459 g/mol. The minimum atomic E-state index is -4.55. The maximum Gasteiger partial charge on any atom is 0.417 e. The lowest BCUT2D eigenvalue weighted by atomic mass is 9.92. The van der Waals surface area contributed by atoms with E-state index < -0.39 is 17.6 Å². The lowest BCUT2D eigenvalue weighted by molar-refractivity contribution is -0.137. The first-order valence-corrected chi connectivity index (χ1v) is 11.0. The molecule has 0 bridgehead atoms. The van der Waals surface area contributed by atoms with Crippen LogP contribution >= 0.6 is 0 Å². The molecule has 7 nitrogen and oxygen atoms in total. The third-order valence-electron chi connectivity index (χ3n) is 6.11. The number of amides is 2. The number of carbonyl (C=O) groups is 2. The molecule has 0 aliphatic carbocycles. The number of alkyl halides is 3. The lowest BCUT2D eigenvalue weighted by Crippen LogP contribution is -2.26. The number of hydrogen-bond donors (Lipinski definition) is 2. The Morgan fingerprint density at radius 1 is 1.06 bits per heavy atom. The fourth-order valence-electron chi connectivity index (χ4n) is 4.29. The first-order valence-electron chi connectivity index (χ1n) is 11.0. The van der Waals surface area contributed by atoms with Gasteiger partial charge in [-0.05, 0) is 48.7 Å². The van der Waals surface area contributed by atoms with Crippen LogP contribution < -0.4 is 15.5 Å². The van der Waals surface area contributed by atoms with E-state index in [2.05, 4.69) is 25.5 Å². The van der Waals surface area contributed by atoms with Crippen LogP contribution in [0, 0.1) is 6.92 Å². The van der Waals surface area contributed by atoms with Gasteiger partial charge < -0.3 is 15.5 Å². The fourth-order valence-corrected chi connectivity index (χ4v) is 4.29. The van der Waals surface area contributed by atoms with Gasteiger partial charge in [0.15, 0.2) is 0 Å². The third kappa shape index (κ3) is 5.26. The molecule has 0 saturated carbocycles. The zero-order valence-corrected chi connectivity index (χ0v) is 19.2. The molecule has 1 saturated heterocycles. The monoisotopic (exact) mass is 483 g/mol. The summed E-state index contributed by atoms with van der Waals surface area (Å²) in [6, 6.07) is 7.79. The molecule has 3 heterocycles. The molecule has 0 radical (unpaired) electrons. The second-order valence-electron chi connectivity index (χ2n) is 8.39. The largest absolute Gasteiger partial charge is 0.417 e. The van der Waals surface area contributed by atoms with Gasteiger partial charge in [-0.2, -0.15) is 13.2 Å². The quantitative estimate of drug-likeness (QED) is 0.562. The summed E-state index contributed by atoms with van der Waals surface area (Å²) < 4.78 is 38.9.